The first kappa shape index (κ1) is 24.6. The van der Waals surface area contributed by atoms with E-state index in [1.807, 2.05) is 32.0 Å². The highest BCUT2D eigenvalue weighted by atomic mass is 32.1. The second kappa shape index (κ2) is 10.8. The highest BCUT2D eigenvalue weighted by molar-refractivity contribution is 7.17. The van der Waals surface area contributed by atoms with Crippen molar-refractivity contribution in [3.05, 3.63) is 53.1 Å². The van der Waals surface area contributed by atoms with Crippen LogP contribution in [-0.2, 0) is 12.8 Å². The Morgan fingerprint density at radius 2 is 2.06 bits per heavy atom. The number of hydrogen-bond acceptors (Lipinski definition) is 7. The zero-order chi connectivity index (χ0) is 24.9. The predicted molar refractivity (Wildman–Crippen MR) is 135 cm³/mol. The van der Waals surface area contributed by atoms with Gasteiger partial charge < -0.3 is 20.5 Å². The number of benzene rings is 2. The summed E-state index contributed by atoms with van der Waals surface area (Å²) in [5.74, 6) is 0.608. The lowest BCUT2D eigenvalue weighted by atomic mass is 10.0. The number of fused-ring (bicyclic) bond motifs is 1. The number of rotatable bonds is 4. The molecule has 1 atom stereocenters. The predicted octanol–water partition coefficient (Wildman–Crippen LogP) is 4.15. The third-order valence-electron chi connectivity index (χ3n) is 5.99. The van der Waals surface area contributed by atoms with Crippen molar-refractivity contribution in [2.75, 3.05) is 13.1 Å². The summed E-state index contributed by atoms with van der Waals surface area (Å²) in [5, 5.41) is 28.9. The zero-order valence-corrected chi connectivity index (χ0v) is 20.7. The van der Waals surface area contributed by atoms with E-state index in [0.717, 1.165) is 28.4 Å². The molecule has 5 rings (SSSR count). The molecule has 3 N–H and O–H groups in total. The van der Waals surface area contributed by atoms with Crippen LogP contribution in [0.5, 0.6) is 5.75 Å². The molecule has 9 heteroatoms. The third kappa shape index (κ3) is 5.78. The van der Waals surface area contributed by atoms with E-state index in [0.29, 0.717) is 30.8 Å². The summed E-state index contributed by atoms with van der Waals surface area (Å²) < 4.78 is 5.70. The maximum Gasteiger partial charge on any atom is 0.314 e. The molecule has 0 saturated carbocycles. The van der Waals surface area contributed by atoms with Gasteiger partial charge in [-0.1, -0.05) is 29.5 Å². The average Bonchev–Trinajstić information content (AvgIpc) is 3.59. The fourth-order valence-corrected chi connectivity index (χ4v) is 5.21. The summed E-state index contributed by atoms with van der Waals surface area (Å²) in [5.41, 5.74) is 10.4. The topological polar surface area (TPSA) is 125 Å². The van der Waals surface area contributed by atoms with Crippen LogP contribution < -0.4 is 10.5 Å². The molecule has 2 aliphatic rings. The number of urea groups is 1. The van der Waals surface area contributed by atoms with Crippen molar-refractivity contribution in [3.8, 4) is 33.0 Å². The number of nitriles is 1. The molecule has 0 bridgehead atoms. The molecule has 2 aromatic carbocycles. The molecule has 1 aliphatic carbocycles. The van der Waals surface area contributed by atoms with Gasteiger partial charge in [-0.15, -0.1) is 10.2 Å². The van der Waals surface area contributed by atoms with Crippen molar-refractivity contribution in [2.45, 2.75) is 51.7 Å². The van der Waals surface area contributed by atoms with Crippen LogP contribution in [0.15, 0.2) is 36.4 Å². The number of nitrogens with two attached hydrogens (primary N) is 1. The maximum atomic E-state index is 10.4. The Balaban J connectivity index is 0.000000271. The van der Waals surface area contributed by atoms with Gasteiger partial charge in [0.05, 0.1) is 17.8 Å². The summed E-state index contributed by atoms with van der Waals surface area (Å²) in [6.07, 6.45) is 3.79. The molecule has 0 radical (unpaired) electrons. The van der Waals surface area contributed by atoms with E-state index in [1.54, 1.807) is 11.3 Å². The van der Waals surface area contributed by atoms with Crippen molar-refractivity contribution in [2.24, 2.45) is 5.73 Å². The van der Waals surface area contributed by atoms with Gasteiger partial charge in [-0.25, -0.2) is 4.79 Å². The standard InChI is InChI=1S/C21H19N3OS.C5H10N2O2/c1-13(2)25-19-10-9-15(11-16(19)12-22)20-23-24-21(26-20)18-8-4-6-14-5-3-7-17(14)18;6-5(9)7-2-1-4(8)3-7/h4,6,8-11,13H,3,5,7H2,1-2H3;4,8H,1-3H2,(H2,6,9). The number of aromatic nitrogens is 2. The van der Waals surface area contributed by atoms with Crippen LogP contribution in [0.25, 0.3) is 21.1 Å². The molecule has 35 heavy (non-hydrogen) atoms. The monoisotopic (exact) mass is 491 g/mol. The molecule has 2 amide bonds. The number of aliphatic hydroxyl groups excluding tert-OH is 1. The first-order chi connectivity index (χ1) is 16.9. The Hall–Kier alpha value is -3.48. The lowest BCUT2D eigenvalue weighted by Gasteiger charge is -2.11. The van der Waals surface area contributed by atoms with E-state index >= 15 is 0 Å². The molecular weight excluding hydrogens is 462 g/mol. The van der Waals surface area contributed by atoms with Crippen molar-refractivity contribution in [1.29, 1.82) is 5.26 Å². The van der Waals surface area contributed by atoms with Gasteiger partial charge in [-0.3, -0.25) is 0 Å². The van der Waals surface area contributed by atoms with E-state index in [-0.39, 0.29) is 12.2 Å². The summed E-state index contributed by atoms with van der Waals surface area (Å²) in [6, 6.07) is 13.8. The van der Waals surface area contributed by atoms with E-state index in [2.05, 4.69) is 34.5 Å². The van der Waals surface area contributed by atoms with E-state index in [9.17, 15) is 10.1 Å². The number of hydrogen-bond donors (Lipinski definition) is 2. The Morgan fingerprint density at radius 3 is 2.71 bits per heavy atom. The van der Waals surface area contributed by atoms with Crippen LogP contribution in [0.4, 0.5) is 4.79 Å². The van der Waals surface area contributed by atoms with Crippen LogP contribution >= 0.6 is 11.3 Å². The Kier molecular flexibility index (Phi) is 7.63. The number of aliphatic hydroxyl groups is 1. The normalized spacial score (nSPS) is 16.4. The molecule has 3 aromatic rings. The minimum Gasteiger partial charge on any atom is -0.490 e. The molecule has 1 unspecified atom stereocenters. The molecular formula is C26H29N5O3S. The van der Waals surface area contributed by atoms with Crippen molar-refractivity contribution < 1.29 is 14.6 Å². The third-order valence-corrected chi connectivity index (χ3v) is 6.99. The number of nitrogens with zero attached hydrogens (tertiary/aromatic N) is 4. The highest BCUT2D eigenvalue weighted by Crippen LogP contribution is 2.37. The largest absolute Gasteiger partial charge is 0.490 e. The van der Waals surface area contributed by atoms with Gasteiger partial charge in [0, 0.05) is 24.2 Å². The Bertz CT molecular complexity index is 1250. The number of aryl methyl sites for hydroxylation is 1. The number of likely N-dealkylation sites (tertiary alicyclic amines) is 1. The summed E-state index contributed by atoms with van der Waals surface area (Å²) in [7, 11) is 0. The van der Waals surface area contributed by atoms with Crippen molar-refractivity contribution >= 4 is 17.4 Å². The fraction of sp³-hybridized carbons (Fsp3) is 0.385. The molecule has 1 fully saturated rings. The fourth-order valence-electron chi connectivity index (χ4n) is 4.32. The number of amides is 2. The van der Waals surface area contributed by atoms with Crippen LogP contribution in [0.2, 0.25) is 0 Å². The summed E-state index contributed by atoms with van der Waals surface area (Å²) in [4.78, 5) is 11.8. The number of carbonyl (C=O) groups is 1. The van der Waals surface area contributed by atoms with Gasteiger partial charge in [0.2, 0.25) is 0 Å². The van der Waals surface area contributed by atoms with Gasteiger partial charge >= 0.3 is 6.03 Å². The minimum atomic E-state index is -0.438. The number of primary amides is 1. The molecule has 8 nitrogen and oxygen atoms in total. The number of β-amino-alcohol motifs (C(OH)–C–C–N with tert-alkyl or cyclic N) is 1. The van der Waals surface area contributed by atoms with Crippen LogP contribution in [0.1, 0.15) is 43.4 Å². The first-order valence-corrected chi connectivity index (χ1v) is 12.6. The quantitative estimate of drug-likeness (QED) is 0.565. The van der Waals surface area contributed by atoms with Gasteiger partial charge in [-0.2, -0.15) is 5.26 Å². The summed E-state index contributed by atoms with van der Waals surface area (Å²) >= 11 is 1.57. The SMILES string of the molecule is CC(C)Oc1ccc(-c2nnc(-c3cccc4c3CCC4)s2)cc1C#N.NC(=O)N1CCC(O)C1. The van der Waals surface area contributed by atoms with Gasteiger partial charge in [0.25, 0.3) is 0 Å². The van der Waals surface area contributed by atoms with Crippen LogP contribution in [0.3, 0.4) is 0 Å². The van der Waals surface area contributed by atoms with Gasteiger partial charge in [0.1, 0.15) is 21.8 Å². The Morgan fingerprint density at radius 1 is 1.26 bits per heavy atom. The van der Waals surface area contributed by atoms with E-state index in [1.165, 1.54) is 28.0 Å². The minimum absolute atomic E-state index is 0.0289. The van der Waals surface area contributed by atoms with E-state index < -0.39 is 6.03 Å². The van der Waals surface area contributed by atoms with Crippen molar-refractivity contribution in [3.63, 3.8) is 0 Å². The van der Waals surface area contributed by atoms with Crippen molar-refractivity contribution in [1.82, 2.24) is 15.1 Å². The maximum absolute atomic E-state index is 10.4. The summed E-state index contributed by atoms with van der Waals surface area (Å²) in [6.45, 7) is 4.89. The number of ether oxygens (including phenoxy) is 1. The Labute approximate surface area is 209 Å². The second-order valence-electron chi connectivity index (χ2n) is 8.93. The molecule has 1 aromatic heterocycles. The van der Waals surface area contributed by atoms with Gasteiger partial charge in [0.15, 0.2) is 0 Å². The average molecular weight is 492 g/mol. The highest BCUT2D eigenvalue weighted by Gasteiger charge is 2.22. The second-order valence-corrected chi connectivity index (χ2v) is 9.90. The van der Waals surface area contributed by atoms with Gasteiger partial charge in [-0.05, 0) is 68.9 Å². The molecule has 2 heterocycles. The first-order valence-electron chi connectivity index (χ1n) is 11.7. The molecule has 0 spiro atoms. The van der Waals surface area contributed by atoms with Crippen LogP contribution in [0, 0.1) is 11.3 Å². The lowest BCUT2D eigenvalue weighted by molar-refractivity contribution is 0.175. The molecule has 1 saturated heterocycles. The molecule has 1 aliphatic heterocycles. The smallest absolute Gasteiger partial charge is 0.314 e. The van der Waals surface area contributed by atoms with E-state index in [4.69, 9.17) is 15.6 Å². The number of carbonyl (C=O) groups excluding carboxylic acids is 1. The lowest BCUT2D eigenvalue weighted by Crippen LogP contribution is -2.34. The molecule has 182 valence electrons. The van der Waals surface area contributed by atoms with Crippen LogP contribution in [-0.4, -0.2) is 51.5 Å². The zero-order valence-electron chi connectivity index (χ0n) is 19.9.